The lowest BCUT2D eigenvalue weighted by molar-refractivity contribution is 0.282. The van der Waals surface area contributed by atoms with E-state index in [9.17, 15) is 4.39 Å². The Morgan fingerprint density at radius 1 is 1.10 bits per heavy atom. The standard InChI is InChI=1S/C22H22FN5S/c23-16-9-10-27(13-16)11-14-5-7-15(8-6-14)12-28-20-17-3-1-2-4-18(17)25-21(24)19(20)26-22(28)29/h1-8,16H,9-13H2,(H2,24,25)(H,26,29)/t16-/m0/s1. The van der Waals surface area contributed by atoms with E-state index in [-0.39, 0.29) is 0 Å². The second-order valence-electron chi connectivity index (χ2n) is 7.69. The highest BCUT2D eigenvalue weighted by molar-refractivity contribution is 7.71. The molecule has 0 radical (unpaired) electrons. The van der Waals surface area contributed by atoms with Gasteiger partial charge in [-0.2, -0.15) is 0 Å². The van der Waals surface area contributed by atoms with Crippen molar-refractivity contribution in [3.63, 3.8) is 0 Å². The second kappa shape index (κ2) is 7.24. The molecule has 5 rings (SSSR count). The minimum atomic E-state index is -0.685. The van der Waals surface area contributed by atoms with Gasteiger partial charge in [0.1, 0.15) is 17.5 Å². The Morgan fingerprint density at radius 2 is 1.83 bits per heavy atom. The quantitative estimate of drug-likeness (QED) is 0.492. The number of nitrogens with one attached hydrogen (secondary N) is 1. The Labute approximate surface area is 173 Å². The number of rotatable bonds is 4. The highest BCUT2D eigenvalue weighted by Gasteiger charge is 2.21. The van der Waals surface area contributed by atoms with Crippen LogP contribution in [0.15, 0.2) is 48.5 Å². The predicted octanol–water partition coefficient (Wildman–Crippen LogP) is 4.42. The average molecular weight is 408 g/mol. The van der Waals surface area contributed by atoms with E-state index >= 15 is 0 Å². The molecule has 4 aromatic rings. The fraction of sp³-hybridized carbons (Fsp3) is 0.273. The van der Waals surface area contributed by atoms with E-state index in [2.05, 4.69) is 43.7 Å². The number of hydrogen-bond donors (Lipinski definition) is 2. The van der Waals surface area contributed by atoms with E-state index in [0.717, 1.165) is 40.6 Å². The topological polar surface area (TPSA) is 62.9 Å². The van der Waals surface area contributed by atoms with Crippen molar-refractivity contribution in [3.05, 3.63) is 64.4 Å². The second-order valence-corrected chi connectivity index (χ2v) is 8.08. The van der Waals surface area contributed by atoms with Crippen molar-refractivity contribution in [2.45, 2.75) is 25.7 Å². The van der Waals surface area contributed by atoms with Gasteiger partial charge in [-0.05, 0) is 35.8 Å². The summed E-state index contributed by atoms with van der Waals surface area (Å²) in [5.41, 5.74) is 11.1. The molecule has 0 saturated carbocycles. The fourth-order valence-electron chi connectivity index (χ4n) is 4.16. The van der Waals surface area contributed by atoms with E-state index < -0.39 is 6.17 Å². The number of hydrogen-bond acceptors (Lipinski definition) is 4. The summed E-state index contributed by atoms with van der Waals surface area (Å²) in [6, 6.07) is 16.4. The van der Waals surface area contributed by atoms with E-state index in [1.54, 1.807) is 0 Å². The molecule has 5 nitrogen and oxygen atoms in total. The summed E-state index contributed by atoms with van der Waals surface area (Å²) in [4.78, 5) is 9.87. The SMILES string of the molecule is Nc1nc2ccccc2c2c1[nH]c(=S)n2Cc1ccc(CN2CC[C@H](F)C2)cc1. The summed E-state index contributed by atoms with van der Waals surface area (Å²) in [5.74, 6) is 0.454. The highest BCUT2D eigenvalue weighted by atomic mass is 32.1. The number of likely N-dealkylation sites (tertiary alicyclic amines) is 1. The first-order chi connectivity index (χ1) is 14.1. The molecule has 1 aliphatic heterocycles. The first-order valence-corrected chi connectivity index (χ1v) is 10.2. The molecule has 0 bridgehead atoms. The number of fused-ring (bicyclic) bond motifs is 3. The van der Waals surface area contributed by atoms with Crippen LogP contribution in [0, 0.1) is 4.77 Å². The van der Waals surface area contributed by atoms with E-state index in [1.165, 1.54) is 5.56 Å². The molecule has 2 aromatic carbocycles. The number of para-hydroxylation sites is 1. The van der Waals surface area contributed by atoms with Crippen molar-refractivity contribution >= 4 is 40.0 Å². The van der Waals surface area contributed by atoms with Gasteiger partial charge in [-0.3, -0.25) is 4.90 Å². The molecular formula is C22H22FN5S. The smallest absolute Gasteiger partial charge is 0.178 e. The number of benzene rings is 2. The molecule has 29 heavy (non-hydrogen) atoms. The molecule has 3 heterocycles. The zero-order valence-electron chi connectivity index (χ0n) is 15.9. The number of nitrogen functional groups attached to an aromatic ring is 1. The molecule has 2 aromatic heterocycles. The number of imidazole rings is 1. The molecule has 1 fully saturated rings. The van der Waals surface area contributed by atoms with Gasteiger partial charge in [0.15, 0.2) is 4.77 Å². The van der Waals surface area contributed by atoms with Gasteiger partial charge < -0.3 is 15.3 Å². The lowest BCUT2D eigenvalue weighted by Gasteiger charge is -2.15. The molecule has 0 amide bonds. The van der Waals surface area contributed by atoms with Crippen LogP contribution in [0.3, 0.4) is 0 Å². The Hall–Kier alpha value is -2.77. The third-order valence-corrected chi connectivity index (χ3v) is 5.95. The van der Waals surface area contributed by atoms with Crippen molar-refractivity contribution in [1.29, 1.82) is 0 Å². The number of aromatic amines is 1. The summed E-state index contributed by atoms with van der Waals surface area (Å²) in [6.07, 6.45) is -0.0437. The number of pyridine rings is 1. The van der Waals surface area contributed by atoms with E-state index in [1.807, 2.05) is 24.3 Å². The third-order valence-electron chi connectivity index (χ3n) is 5.62. The summed E-state index contributed by atoms with van der Waals surface area (Å²) in [5, 5.41) is 1.02. The van der Waals surface area contributed by atoms with Crippen molar-refractivity contribution in [2.75, 3.05) is 18.8 Å². The molecule has 7 heteroatoms. The van der Waals surface area contributed by atoms with Gasteiger partial charge in [0.2, 0.25) is 0 Å². The van der Waals surface area contributed by atoms with Crippen LogP contribution >= 0.6 is 12.2 Å². The van der Waals surface area contributed by atoms with Gasteiger partial charge >= 0.3 is 0 Å². The molecule has 1 aliphatic rings. The van der Waals surface area contributed by atoms with Gasteiger partial charge in [0.05, 0.1) is 17.6 Å². The number of aromatic nitrogens is 3. The van der Waals surface area contributed by atoms with Gasteiger partial charge in [0, 0.05) is 25.0 Å². The molecule has 148 valence electrons. The van der Waals surface area contributed by atoms with E-state index in [4.69, 9.17) is 18.0 Å². The maximum absolute atomic E-state index is 13.4. The highest BCUT2D eigenvalue weighted by Crippen LogP contribution is 2.28. The summed E-state index contributed by atoms with van der Waals surface area (Å²) >= 11 is 5.59. The molecule has 0 unspecified atom stereocenters. The van der Waals surface area contributed by atoms with Crippen LogP contribution in [0.2, 0.25) is 0 Å². The predicted molar refractivity (Wildman–Crippen MR) is 117 cm³/mol. The summed E-state index contributed by atoms with van der Waals surface area (Å²) < 4.78 is 16.1. The van der Waals surface area contributed by atoms with Crippen LogP contribution < -0.4 is 5.73 Å². The Balaban J connectivity index is 1.47. The van der Waals surface area contributed by atoms with Gasteiger partial charge in [-0.15, -0.1) is 0 Å². The largest absolute Gasteiger partial charge is 0.382 e. The summed E-state index contributed by atoms with van der Waals surface area (Å²) in [7, 11) is 0. The molecule has 0 spiro atoms. The lowest BCUT2D eigenvalue weighted by atomic mass is 10.1. The summed E-state index contributed by atoms with van der Waals surface area (Å²) in [6.45, 7) is 2.80. The fourth-order valence-corrected chi connectivity index (χ4v) is 4.42. The molecule has 1 saturated heterocycles. The zero-order chi connectivity index (χ0) is 20.0. The first-order valence-electron chi connectivity index (χ1n) is 9.79. The lowest BCUT2D eigenvalue weighted by Crippen LogP contribution is -2.20. The zero-order valence-corrected chi connectivity index (χ0v) is 16.8. The minimum absolute atomic E-state index is 0.454. The van der Waals surface area contributed by atoms with Crippen molar-refractivity contribution in [1.82, 2.24) is 19.4 Å². The maximum Gasteiger partial charge on any atom is 0.178 e. The van der Waals surface area contributed by atoms with Crippen LogP contribution in [0.25, 0.3) is 21.9 Å². The number of anilines is 1. The first kappa shape index (κ1) is 18.3. The van der Waals surface area contributed by atoms with Crippen LogP contribution in [0.1, 0.15) is 17.5 Å². The molecule has 1 atom stereocenters. The van der Waals surface area contributed by atoms with Gasteiger partial charge in [0.25, 0.3) is 0 Å². The normalized spacial score (nSPS) is 17.5. The maximum atomic E-state index is 13.4. The number of alkyl halides is 1. The molecule has 3 N–H and O–H groups in total. The number of nitrogens with zero attached hydrogens (tertiary/aromatic N) is 3. The Bertz CT molecular complexity index is 1240. The minimum Gasteiger partial charge on any atom is -0.382 e. The van der Waals surface area contributed by atoms with Crippen LogP contribution in [0.5, 0.6) is 0 Å². The van der Waals surface area contributed by atoms with Crippen molar-refractivity contribution in [2.24, 2.45) is 0 Å². The van der Waals surface area contributed by atoms with Crippen LogP contribution in [-0.4, -0.2) is 38.7 Å². The average Bonchev–Trinajstić information content (AvgIpc) is 3.27. The van der Waals surface area contributed by atoms with Gasteiger partial charge in [-0.1, -0.05) is 42.5 Å². The van der Waals surface area contributed by atoms with Crippen LogP contribution in [0.4, 0.5) is 10.2 Å². The number of H-pyrrole nitrogens is 1. The van der Waals surface area contributed by atoms with Crippen molar-refractivity contribution in [3.8, 4) is 0 Å². The number of halogens is 1. The molecule has 0 aliphatic carbocycles. The third kappa shape index (κ3) is 3.41. The van der Waals surface area contributed by atoms with Crippen LogP contribution in [-0.2, 0) is 13.1 Å². The van der Waals surface area contributed by atoms with Crippen molar-refractivity contribution < 1.29 is 4.39 Å². The Morgan fingerprint density at radius 3 is 2.55 bits per heavy atom. The monoisotopic (exact) mass is 407 g/mol. The van der Waals surface area contributed by atoms with E-state index in [0.29, 0.717) is 30.1 Å². The Kier molecular flexibility index (Phi) is 4.56. The molecular weight excluding hydrogens is 385 g/mol. The van der Waals surface area contributed by atoms with Gasteiger partial charge in [-0.25, -0.2) is 9.37 Å². The number of nitrogens with two attached hydrogens (primary N) is 1.